The van der Waals surface area contributed by atoms with Crippen molar-refractivity contribution in [2.45, 2.75) is 13.8 Å². The van der Waals surface area contributed by atoms with E-state index in [1.54, 1.807) is 7.11 Å². The average molecular weight is 287 g/mol. The summed E-state index contributed by atoms with van der Waals surface area (Å²) in [6, 6.07) is 7.52. The second-order valence-electron chi connectivity index (χ2n) is 4.79. The molecule has 21 heavy (non-hydrogen) atoms. The van der Waals surface area contributed by atoms with Crippen molar-refractivity contribution in [2.75, 3.05) is 26.7 Å². The Morgan fingerprint density at radius 3 is 2.81 bits per heavy atom. The van der Waals surface area contributed by atoms with Crippen LogP contribution in [-0.2, 0) is 0 Å². The Bertz CT molecular complexity index is 641. The number of nitrogens with one attached hydrogen (secondary N) is 2. The van der Waals surface area contributed by atoms with Gasteiger partial charge in [-0.2, -0.15) is 0 Å². The molecular weight excluding hydrogens is 266 g/mol. The van der Waals surface area contributed by atoms with Crippen LogP contribution in [0.1, 0.15) is 23.0 Å². The van der Waals surface area contributed by atoms with Crippen molar-refractivity contribution < 1.29 is 9.53 Å². The fourth-order valence-corrected chi connectivity index (χ4v) is 2.14. The van der Waals surface area contributed by atoms with E-state index in [2.05, 4.69) is 15.6 Å². The first kappa shape index (κ1) is 15.3. The number of pyridine rings is 1. The van der Waals surface area contributed by atoms with Gasteiger partial charge in [0, 0.05) is 24.5 Å². The van der Waals surface area contributed by atoms with Crippen molar-refractivity contribution in [3.05, 3.63) is 35.5 Å². The number of likely N-dealkylation sites (N-methyl/N-ethyl adjacent to an activating group) is 1. The fraction of sp³-hybridized carbons (Fsp3) is 0.375. The minimum Gasteiger partial charge on any atom is -0.497 e. The molecule has 1 aromatic heterocycles. The first-order chi connectivity index (χ1) is 10.2. The maximum absolute atomic E-state index is 12.2. The molecule has 0 unspecified atom stereocenters. The van der Waals surface area contributed by atoms with Crippen LogP contribution in [0, 0.1) is 6.92 Å². The fourth-order valence-electron chi connectivity index (χ4n) is 2.14. The molecule has 2 rings (SSSR count). The van der Waals surface area contributed by atoms with Crippen LogP contribution >= 0.6 is 0 Å². The predicted octanol–water partition coefficient (Wildman–Crippen LogP) is 1.89. The molecular formula is C16H21N3O2. The number of benzene rings is 1. The smallest absolute Gasteiger partial charge is 0.253 e. The Labute approximate surface area is 124 Å². The van der Waals surface area contributed by atoms with Crippen molar-refractivity contribution in [2.24, 2.45) is 0 Å². The third-order valence-electron chi connectivity index (χ3n) is 3.30. The van der Waals surface area contributed by atoms with Crippen LogP contribution in [0.2, 0.25) is 0 Å². The van der Waals surface area contributed by atoms with Crippen LogP contribution in [0.4, 0.5) is 0 Å². The molecule has 0 radical (unpaired) electrons. The molecule has 0 aliphatic rings. The Balaban J connectivity index is 2.20. The number of aryl methyl sites for hydroxylation is 1. The summed E-state index contributed by atoms with van der Waals surface area (Å²) in [5.74, 6) is 0.674. The van der Waals surface area contributed by atoms with Gasteiger partial charge in [-0.3, -0.25) is 9.78 Å². The van der Waals surface area contributed by atoms with Crippen molar-refractivity contribution in [1.29, 1.82) is 0 Å². The predicted molar refractivity (Wildman–Crippen MR) is 83.9 cm³/mol. The monoisotopic (exact) mass is 287 g/mol. The van der Waals surface area contributed by atoms with Gasteiger partial charge in [-0.1, -0.05) is 6.92 Å². The molecule has 5 nitrogen and oxygen atoms in total. The molecule has 2 aromatic rings. The van der Waals surface area contributed by atoms with Crippen molar-refractivity contribution >= 4 is 16.8 Å². The number of nitrogens with zero attached hydrogens (tertiary/aromatic N) is 1. The first-order valence-electron chi connectivity index (χ1n) is 7.10. The number of carbonyl (C=O) groups is 1. The number of methoxy groups -OCH3 is 1. The molecule has 0 aliphatic heterocycles. The van der Waals surface area contributed by atoms with E-state index >= 15 is 0 Å². The van der Waals surface area contributed by atoms with Gasteiger partial charge in [0.15, 0.2) is 0 Å². The normalized spacial score (nSPS) is 10.6. The van der Waals surface area contributed by atoms with Crippen LogP contribution in [0.25, 0.3) is 10.9 Å². The number of hydrogen-bond acceptors (Lipinski definition) is 4. The zero-order chi connectivity index (χ0) is 15.2. The molecule has 0 aliphatic carbocycles. The number of rotatable bonds is 6. The number of fused-ring (bicyclic) bond motifs is 1. The molecule has 0 atom stereocenters. The van der Waals surface area contributed by atoms with Crippen molar-refractivity contribution in [3.8, 4) is 5.75 Å². The molecule has 112 valence electrons. The van der Waals surface area contributed by atoms with E-state index in [0.717, 1.165) is 35.4 Å². The van der Waals surface area contributed by atoms with Crippen molar-refractivity contribution in [1.82, 2.24) is 15.6 Å². The molecule has 0 saturated heterocycles. The third kappa shape index (κ3) is 3.70. The van der Waals surface area contributed by atoms with Crippen molar-refractivity contribution in [3.63, 3.8) is 0 Å². The van der Waals surface area contributed by atoms with E-state index in [1.807, 2.05) is 38.1 Å². The van der Waals surface area contributed by atoms with Gasteiger partial charge in [-0.15, -0.1) is 0 Å². The van der Waals surface area contributed by atoms with Crippen LogP contribution in [0.3, 0.4) is 0 Å². The zero-order valence-corrected chi connectivity index (χ0v) is 12.7. The van der Waals surface area contributed by atoms with Crippen LogP contribution in [0.5, 0.6) is 5.75 Å². The number of amides is 1. The lowest BCUT2D eigenvalue weighted by Crippen LogP contribution is -2.32. The van der Waals surface area contributed by atoms with Gasteiger partial charge in [-0.25, -0.2) is 0 Å². The Morgan fingerprint density at radius 1 is 1.29 bits per heavy atom. The minimum absolute atomic E-state index is 0.0874. The number of aromatic nitrogens is 1. The molecule has 0 fully saturated rings. The summed E-state index contributed by atoms with van der Waals surface area (Å²) in [5.41, 5.74) is 2.16. The van der Waals surface area contributed by atoms with Gasteiger partial charge >= 0.3 is 0 Å². The highest BCUT2D eigenvalue weighted by molar-refractivity contribution is 5.98. The highest BCUT2D eigenvalue weighted by Crippen LogP contribution is 2.21. The number of carbonyl (C=O) groups excluding carboxylic acids is 1. The third-order valence-corrected chi connectivity index (χ3v) is 3.30. The number of ether oxygens (including phenoxy) is 1. The summed E-state index contributed by atoms with van der Waals surface area (Å²) in [6.45, 7) is 6.14. The van der Waals surface area contributed by atoms with Gasteiger partial charge in [0.1, 0.15) is 5.75 Å². The lowest BCUT2D eigenvalue weighted by molar-refractivity contribution is 0.0953. The van der Waals surface area contributed by atoms with E-state index in [1.165, 1.54) is 0 Å². The second kappa shape index (κ2) is 7.04. The standard InChI is InChI=1S/C16H21N3O2/c1-4-17-7-8-18-16(20)14-9-12-5-6-13(21-3)10-15(12)19-11(14)2/h5-6,9-10,17H,4,7-8H2,1-3H3,(H,18,20). The van der Waals surface area contributed by atoms with E-state index in [0.29, 0.717) is 12.1 Å². The first-order valence-corrected chi connectivity index (χ1v) is 7.10. The Hall–Kier alpha value is -2.14. The lowest BCUT2D eigenvalue weighted by Gasteiger charge is -2.09. The van der Waals surface area contributed by atoms with E-state index in [4.69, 9.17) is 4.74 Å². The molecule has 5 heteroatoms. The molecule has 1 aromatic carbocycles. The quantitative estimate of drug-likeness (QED) is 0.796. The Morgan fingerprint density at radius 2 is 2.10 bits per heavy atom. The largest absolute Gasteiger partial charge is 0.497 e. The molecule has 0 spiro atoms. The molecule has 0 saturated carbocycles. The SMILES string of the molecule is CCNCCNC(=O)c1cc2ccc(OC)cc2nc1C. The van der Waals surface area contributed by atoms with Crippen LogP contribution < -0.4 is 15.4 Å². The minimum atomic E-state index is -0.0874. The Kier molecular flexibility index (Phi) is 5.11. The maximum Gasteiger partial charge on any atom is 0.253 e. The van der Waals surface area contributed by atoms with Gasteiger partial charge in [-0.05, 0) is 31.7 Å². The summed E-state index contributed by atoms with van der Waals surface area (Å²) in [5, 5.41) is 6.99. The number of hydrogen-bond donors (Lipinski definition) is 2. The van der Waals surface area contributed by atoms with Gasteiger partial charge in [0.25, 0.3) is 5.91 Å². The van der Waals surface area contributed by atoms with Gasteiger partial charge in [0.05, 0.1) is 23.9 Å². The molecule has 1 amide bonds. The van der Waals surface area contributed by atoms with Gasteiger partial charge < -0.3 is 15.4 Å². The molecule has 0 bridgehead atoms. The highest BCUT2D eigenvalue weighted by Gasteiger charge is 2.11. The molecule has 2 N–H and O–H groups in total. The summed E-state index contributed by atoms with van der Waals surface area (Å²) in [6.07, 6.45) is 0. The second-order valence-corrected chi connectivity index (χ2v) is 4.79. The van der Waals surface area contributed by atoms with Crippen LogP contribution in [0.15, 0.2) is 24.3 Å². The van der Waals surface area contributed by atoms with E-state index in [9.17, 15) is 4.79 Å². The summed E-state index contributed by atoms with van der Waals surface area (Å²) < 4.78 is 5.19. The van der Waals surface area contributed by atoms with Gasteiger partial charge in [0.2, 0.25) is 0 Å². The van der Waals surface area contributed by atoms with E-state index < -0.39 is 0 Å². The molecule has 1 heterocycles. The summed E-state index contributed by atoms with van der Waals surface area (Å²) in [7, 11) is 1.63. The topological polar surface area (TPSA) is 63.2 Å². The summed E-state index contributed by atoms with van der Waals surface area (Å²) in [4.78, 5) is 16.7. The highest BCUT2D eigenvalue weighted by atomic mass is 16.5. The van der Waals surface area contributed by atoms with Crippen LogP contribution in [-0.4, -0.2) is 37.6 Å². The van der Waals surface area contributed by atoms with E-state index in [-0.39, 0.29) is 5.91 Å². The summed E-state index contributed by atoms with van der Waals surface area (Å²) >= 11 is 0. The lowest BCUT2D eigenvalue weighted by atomic mass is 10.1. The average Bonchev–Trinajstić information content (AvgIpc) is 2.50. The maximum atomic E-state index is 12.2. The zero-order valence-electron chi connectivity index (χ0n) is 12.7.